The highest BCUT2D eigenvalue weighted by molar-refractivity contribution is 5.86. The summed E-state index contributed by atoms with van der Waals surface area (Å²) in [5, 5.41) is 0. The zero-order valence-electron chi connectivity index (χ0n) is 21.0. The molecule has 3 aromatic carbocycles. The molecule has 1 aliphatic rings. The van der Waals surface area contributed by atoms with E-state index in [9.17, 15) is 0 Å². The lowest BCUT2D eigenvalue weighted by Crippen LogP contribution is -2.29. The lowest BCUT2D eigenvalue weighted by atomic mass is 9.67. The molecule has 1 aliphatic carbocycles. The van der Waals surface area contributed by atoms with Gasteiger partial charge in [0.2, 0.25) is 0 Å². The van der Waals surface area contributed by atoms with Gasteiger partial charge in [-0.1, -0.05) is 151 Å². The van der Waals surface area contributed by atoms with Gasteiger partial charge in [0.1, 0.15) is 0 Å². The van der Waals surface area contributed by atoms with Crippen molar-refractivity contribution in [2.45, 2.75) is 53.9 Å². The van der Waals surface area contributed by atoms with Crippen LogP contribution in [-0.2, 0) is 5.41 Å². The fourth-order valence-electron chi connectivity index (χ4n) is 4.29. The summed E-state index contributed by atoms with van der Waals surface area (Å²) in [6.45, 7) is 18.1. The van der Waals surface area contributed by atoms with Crippen molar-refractivity contribution >= 4 is 5.57 Å². The van der Waals surface area contributed by atoms with Gasteiger partial charge >= 0.3 is 0 Å². The predicted molar refractivity (Wildman–Crippen MR) is 145 cm³/mol. The van der Waals surface area contributed by atoms with E-state index in [1.807, 2.05) is 53.7 Å². The van der Waals surface area contributed by atoms with Gasteiger partial charge < -0.3 is 0 Å². The van der Waals surface area contributed by atoms with Crippen molar-refractivity contribution in [2.24, 2.45) is 0 Å². The molecule has 0 saturated carbocycles. The van der Waals surface area contributed by atoms with Crippen molar-refractivity contribution in [3.63, 3.8) is 0 Å². The van der Waals surface area contributed by atoms with Crippen LogP contribution in [0.1, 0.15) is 70.7 Å². The van der Waals surface area contributed by atoms with Crippen molar-refractivity contribution in [3.05, 3.63) is 138 Å². The quantitative estimate of drug-likeness (QED) is 0.366. The van der Waals surface area contributed by atoms with Crippen molar-refractivity contribution in [2.75, 3.05) is 0 Å². The second-order valence-electron chi connectivity index (χ2n) is 6.66. The third kappa shape index (κ3) is 5.02. The van der Waals surface area contributed by atoms with Crippen LogP contribution in [0, 0.1) is 0 Å². The molecule has 168 valence electrons. The Morgan fingerprint density at radius 2 is 1.06 bits per heavy atom. The van der Waals surface area contributed by atoms with Gasteiger partial charge in [-0.3, -0.25) is 0 Å². The van der Waals surface area contributed by atoms with Crippen LogP contribution in [0.5, 0.6) is 0 Å². The highest BCUT2D eigenvalue weighted by Gasteiger charge is 2.45. The third-order valence-corrected chi connectivity index (χ3v) is 5.36. The first-order valence-electron chi connectivity index (χ1n) is 12.0. The number of fused-ring (bicyclic) bond motifs is 1. The summed E-state index contributed by atoms with van der Waals surface area (Å²) in [6, 6.07) is 30.4. The van der Waals surface area contributed by atoms with Gasteiger partial charge in [0.25, 0.3) is 0 Å². The van der Waals surface area contributed by atoms with E-state index in [0.717, 1.165) is 0 Å². The molecular weight excluding hydrogens is 384 g/mol. The van der Waals surface area contributed by atoms with Gasteiger partial charge in [-0.15, -0.1) is 0 Å². The minimum absolute atomic E-state index is 0.303. The summed E-state index contributed by atoms with van der Waals surface area (Å²) in [4.78, 5) is 0. The monoisotopic (exact) mass is 424 g/mol. The van der Waals surface area contributed by atoms with Crippen LogP contribution in [-0.4, -0.2) is 0 Å². The molecule has 0 heteroatoms. The average Bonchev–Trinajstić information content (AvgIpc) is 3.16. The molecule has 0 atom stereocenters. The first-order chi connectivity index (χ1) is 15.8. The maximum Gasteiger partial charge on any atom is 0.0710 e. The number of benzene rings is 3. The van der Waals surface area contributed by atoms with Crippen LogP contribution in [0.2, 0.25) is 0 Å². The summed E-state index contributed by atoms with van der Waals surface area (Å²) in [5.74, 6) is 0. The van der Waals surface area contributed by atoms with E-state index >= 15 is 0 Å². The first-order valence-corrected chi connectivity index (χ1v) is 12.0. The third-order valence-electron chi connectivity index (χ3n) is 5.36. The van der Waals surface area contributed by atoms with Gasteiger partial charge in [0, 0.05) is 0 Å². The van der Waals surface area contributed by atoms with Crippen LogP contribution in [0.4, 0.5) is 0 Å². The molecule has 0 fully saturated rings. The molecule has 0 aromatic heterocycles. The topological polar surface area (TPSA) is 0 Å². The summed E-state index contributed by atoms with van der Waals surface area (Å²) in [7, 11) is 0. The Kier molecular flexibility index (Phi) is 11.8. The number of hydrogen-bond donors (Lipinski definition) is 0. The van der Waals surface area contributed by atoms with Crippen LogP contribution in [0.3, 0.4) is 0 Å². The average molecular weight is 425 g/mol. The Labute approximate surface area is 197 Å². The summed E-state index contributed by atoms with van der Waals surface area (Å²) >= 11 is 0. The molecule has 0 bridgehead atoms. The van der Waals surface area contributed by atoms with Gasteiger partial charge in [0.15, 0.2) is 0 Å². The maximum atomic E-state index is 3.88. The Balaban J connectivity index is 0.000000789. The van der Waals surface area contributed by atoms with E-state index in [0.29, 0.717) is 0 Å². The molecule has 0 heterocycles. The normalized spacial score (nSPS) is 13.0. The van der Waals surface area contributed by atoms with Crippen molar-refractivity contribution in [1.29, 1.82) is 0 Å². The Bertz CT molecular complexity index is 949. The van der Waals surface area contributed by atoms with Gasteiger partial charge in [0.05, 0.1) is 5.41 Å². The fourth-order valence-corrected chi connectivity index (χ4v) is 4.29. The van der Waals surface area contributed by atoms with Crippen LogP contribution in [0.25, 0.3) is 5.57 Å². The molecule has 3 aromatic rings. The van der Waals surface area contributed by atoms with E-state index in [-0.39, 0.29) is 5.41 Å². The zero-order valence-corrected chi connectivity index (χ0v) is 21.0. The SMILES string of the molecule is C=C/C=C\C1=C(C)c2ccccc2C1(c1ccccc1)c1ccccc1.CC.CC.CC. The molecule has 32 heavy (non-hydrogen) atoms. The molecule has 4 rings (SSSR count). The van der Waals surface area contributed by atoms with E-state index in [1.54, 1.807) is 0 Å². The van der Waals surface area contributed by atoms with Crippen LogP contribution in [0.15, 0.2) is 115 Å². The van der Waals surface area contributed by atoms with E-state index in [4.69, 9.17) is 0 Å². The second kappa shape index (κ2) is 14.0. The number of rotatable bonds is 4. The molecule has 0 amide bonds. The molecule has 0 radical (unpaired) electrons. The van der Waals surface area contributed by atoms with Gasteiger partial charge in [-0.05, 0) is 40.3 Å². The predicted octanol–water partition coefficient (Wildman–Crippen LogP) is 9.63. The molecule has 0 N–H and O–H groups in total. The minimum Gasteiger partial charge on any atom is -0.0991 e. The Morgan fingerprint density at radius 1 is 0.625 bits per heavy atom. The van der Waals surface area contributed by atoms with Crippen LogP contribution >= 0.6 is 0 Å². The summed E-state index contributed by atoms with van der Waals surface area (Å²) < 4.78 is 0. The molecule has 0 aliphatic heterocycles. The van der Waals surface area contributed by atoms with Crippen molar-refractivity contribution < 1.29 is 0 Å². The van der Waals surface area contributed by atoms with E-state index in [1.165, 1.54) is 33.4 Å². The Hall–Kier alpha value is -3.12. The minimum atomic E-state index is -0.303. The van der Waals surface area contributed by atoms with Crippen molar-refractivity contribution in [1.82, 2.24) is 0 Å². The first kappa shape index (κ1) is 26.9. The summed E-state index contributed by atoms with van der Waals surface area (Å²) in [6.07, 6.45) is 6.12. The van der Waals surface area contributed by atoms with Gasteiger partial charge in [-0.2, -0.15) is 0 Å². The molecular formula is C32H40. The van der Waals surface area contributed by atoms with E-state index in [2.05, 4.69) is 105 Å². The lowest BCUT2D eigenvalue weighted by molar-refractivity contribution is 0.761. The second-order valence-corrected chi connectivity index (χ2v) is 6.66. The fraction of sp³-hybridized carbons (Fsp3) is 0.250. The largest absolute Gasteiger partial charge is 0.0991 e. The highest BCUT2D eigenvalue weighted by atomic mass is 14.5. The maximum absolute atomic E-state index is 3.88. The standard InChI is InChI=1S/C26H22.3C2H6/c1-3-4-18-24-20(2)23-17-11-12-19-25(23)26(24,21-13-7-5-8-14-21)22-15-9-6-10-16-22;3*1-2/h3-19H,1H2,2H3;3*1-2H3/b18-4-;;;. The molecule has 0 saturated heterocycles. The van der Waals surface area contributed by atoms with Gasteiger partial charge in [-0.25, -0.2) is 0 Å². The Morgan fingerprint density at radius 3 is 1.53 bits per heavy atom. The molecule has 0 nitrogen and oxygen atoms in total. The highest BCUT2D eigenvalue weighted by Crippen LogP contribution is 2.54. The number of allylic oxidation sites excluding steroid dienone is 5. The number of hydrogen-bond acceptors (Lipinski definition) is 0. The molecule has 0 unspecified atom stereocenters. The van der Waals surface area contributed by atoms with Crippen molar-refractivity contribution in [3.8, 4) is 0 Å². The van der Waals surface area contributed by atoms with E-state index < -0.39 is 0 Å². The lowest BCUT2D eigenvalue weighted by Gasteiger charge is -2.34. The zero-order chi connectivity index (χ0) is 24.0. The van der Waals surface area contributed by atoms with Crippen LogP contribution < -0.4 is 0 Å². The molecule has 0 spiro atoms. The summed E-state index contributed by atoms with van der Waals surface area (Å²) in [5.41, 5.74) is 7.59. The smallest absolute Gasteiger partial charge is 0.0710 e.